The van der Waals surface area contributed by atoms with Crippen LogP contribution in [-0.4, -0.2) is 8.42 Å². The highest BCUT2D eigenvalue weighted by Gasteiger charge is 2.38. The molecule has 4 nitrogen and oxygen atoms in total. The molecule has 0 radical (unpaired) electrons. The van der Waals surface area contributed by atoms with Gasteiger partial charge < -0.3 is 5.32 Å². The van der Waals surface area contributed by atoms with E-state index in [1.165, 1.54) is 24.0 Å². The Labute approximate surface area is 180 Å². The Morgan fingerprint density at radius 2 is 1.83 bits per heavy atom. The van der Waals surface area contributed by atoms with Crippen molar-refractivity contribution in [2.24, 2.45) is 16.5 Å². The van der Waals surface area contributed by atoms with Crippen LogP contribution in [0.1, 0.15) is 68.7 Å². The van der Waals surface area contributed by atoms with Crippen molar-refractivity contribution in [3.05, 3.63) is 71.3 Å². The van der Waals surface area contributed by atoms with Crippen molar-refractivity contribution >= 4 is 15.7 Å². The van der Waals surface area contributed by atoms with Crippen LogP contribution in [0.4, 0.5) is 5.69 Å². The van der Waals surface area contributed by atoms with Gasteiger partial charge in [-0.05, 0) is 71.9 Å². The highest BCUT2D eigenvalue weighted by atomic mass is 32.2. The lowest BCUT2D eigenvalue weighted by atomic mass is 9.77. The van der Waals surface area contributed by atoms with Crippen LogP contribution in [-0.2, 0) is 16.4 Å². The zero-order valence-electron chi connectivity index (χ0n) is 18.1. The Hall–Kier alpha value is -2.11. The van der Waals surface area contributed by atoms with Gasteiger partial charge >= 0.3 is 0 Å². The number of anilines is 1. The van der Waals surface area contributed by atoms with Crippen LogP contribution in [0.2, 0.25) is 0 Å². The molecule has 4 rings (SSSR count). The molecule has 160 valence electrons. The van der Waals surface area contributed by atoms with Crippen molar-refractivity contribution in [3.63, 3.8) is 0 Å². The zero-order valence-corrected chi connectivity index (χ0v) is 18.9. The number of allylic oxidation sites excluding steroid dienone is 2. The van der Waals surface area contributed by atoms with Crippen LogP contribution in [0.5, 0.6) is 0 Å². The maximum Gasteiger partial charge on any atom is 0.238 e. The van der Waals surface area contributed by atoms with Gasteiger partial charge in [0.25, 0.3) is 0 Å². The molecule has 1 heterocycles. The zero-order chi connectivity index (χ0) is 21.5. The first-order valence-electron chi connectivity index (χ1n) is 10.8. The second kappa shape index (κ2) is 7.86. The lowest BCUT2D eigenvalue weighted by Crippen LogP contribution is -2.29. The van der Waals surface area contributed by atoms with E-state index in [9.17, 15) is 8.42 Å². The summed E-state index contributed by atoms with van der Waals surface area (Å²) in [5.74, 6) is 0.583. The largest absolute Gasteiger partial charge is 0.378 e. The van der Waals surface area contributed by atoms with Gasteiger partial charge in [-0.15, -0.1) is 0 Å². The molecule has 0 aromatic heterocycles. The smallest absolute Gasteiger partial charge is 0.238 e. The van der Waals surface area contributed by atoms with Crippen LogP contribution in [0, 0.1) is 11.3 Å². The molecule has 2 aromatic rings. The first kappa shape index (κ1) is 21.1. The molecule has 3 N–H and O–H groups in total. The maximum absolute atomic E-state index is 11.8. The third kappa shape index (κ3) is 4.47. The summed E-state index contributed by atoms with van der Waals surface area (Å²) in [7, 11) is -3.70. The van der Waals surface area contributed by atoms with E-state index in [1.54, 1.807) is 12.1 Å². The van der Waals surface area contributed by atoms with Crippen molar-refractivity contribution < 1.29 is 8.42 Å². The van der Waals surface area contributed by atoms with E-state index in [4.69, 9.17) is 5.14 Å². The highest BCUT2D eigenvalue weighted by Crippen LogP contribution is 2.50. The Kier molecular flexibility index (Phi) is 5.54. The third-order valence-electron chi connectivity index (χ3n) is 6.39. The number of aryl methyl sites for hydroxylation is 1. The van der Waals surface area contributed by atoms with Crippen LogP contribution >= 0.6 is 0 Å². The van der Waals surface area contributed by atoms with Crippen LogP contribution < -0.4 is 10.5 Å². The van der Waals surface area contributed by atoms with Crippen molar-refractivity contribution in [1.29, 1.82) is 0 Å². The number of hydrogen-bond donors (Lipinski definition) is 2. The van der Waals surface area contributed by atoms with E-state index in [1.807, 2.05) is 6.07 Å². The molecule has 2 aromatic carbocycles. The SMILES string of the molecule is CC(C)(C)CCCc1ccc([C@H]2Nc3ccc(S(N)(=O)=O)cc3[C@H]3C=CC[C@H]32)cc1. The molecule has 0 spiro atoms. The van der Waals surface area contributed by atoms with Gasteiger partial charge in [0, 0.05) is 11.6 Å². The van der Waals surface area contributed by atoms with Crippen LogP contribution in [0.25, 0.3) is 0 Å². The Bertz CT molecular complexity index is 1050. The summed E-state index contributed by atoms with van der Waals surface area (Å²) in [5.41, 5.74) is 5.07. The van der Waals surface area contributed by atoms with E-state index in [2.05, 4.69) is 62.5 Å². The molecule has 1 aliphatic heterocycles. The first-order valence-corrected chi connectivity index (χ1v) is 12.4. The van der Waals surface area contributed by atoms with Crippen molar-refractivity contribution in [2.45, 2.75) is 63.3 Å². The number of benzene rings is 2. The minimum Gasteiger partial charge on any atom is -0.378 e. The molecule has 0 saturated heterocycles. The summed E-state index contributed by atoms with van der Waals surface area (Å²) in [6, 6.07) is 14.4. The van der Waals surface area contributed by atoms with E-state index in [0.29, 0.717) is 11.3 Å². The Morgan fingerprint density at radius 3 is 2.50 bits per heavy atom. The molecule has 0 unspecified atom stereocenters. The normalized spacial score (nSPS) is 23.0. The molecule has 30 heavy (non-hydrogen) atoms. The Balaban J connectivity index is 1.55. The molecule has 5 heteroatoms. The summed E-state index contributed by atoms with van der Waals surface area (Å²) >= 11 is 0. The van der Waals surface area contributed by atoms with Gasteiger partial charge in [-0.1, -0.05) is 57.2 Å². The number of sulfonamides is 1. The van der Waals surface area contributed by atoms with Crippen molar-refractivity contribution in [2.75, 3.05) is 5.32 Å². The van der Waals surface area contributed by atoms with Crippen molar-refractivity contribution in [1.82, 2.24) is 0 Å². The molecule has 3 atom stereocenters. The average Bonchev–Trinajstić information content (AvgIpc) is 3.16. The topological polar surface area (TPSA) is 72.2 Å². The van der Waals surface area contributed by atoms with Crippen LogP contribution in [0.15, 0.2) is 59.5 Å². The summed E-state index contributed by atoms with van der Waals surface area (Å²) in [5, 5.41) is 9.02. The monoisotopic (exact) mass is 424 g/mol. The van der Waals surface area contributed by atoms with Gasteiger partial charge in [0.1, 0.15) is 0 Å². The summed E-state index contributed by atoms with van der Waals surface area (Å²) in [6.45, 7) is 6.88. The minimum atomic E-state index is -3.70. The van der Waals surface area contributed by atoms with Gasteiger partial charge in [0.15, 0.2) is 0 Å². The summed E-state index contributed by atoms with van der Waals surface area (Å²) < 4.78 is 23.6. The number of nitrogens with two attached hydrogens (primary N) is 1. The quantitative estimate of drug-likeness (QED) is 0.620. The molecular weight excluding hydrogens is 392 g/mol. The predicted octanol–water partition coefficient (Wildman–Crippen LogP) is 5.53. The molecular formula is C25H32N2O2S. The Morgan fingerprint density at radius 1 is 1.10 bits per heavy atom. The number of rotatable bonds is 5. The maximum atomic E-state index is 11.8. The number of nitrogens with one attached hydrogen (secondary N) is 1. The first-order chi connectivity index (χ1) is 14.1. The lowest BCUT2D eigenvalue weighted by molar-refractivity contribution is 0.365. The number of primary sulfonamides is 1. The average molecular weight is 425 g/mol. The van der Waals surface area contributed by atoms with Crippen molar-refractivity contribution in [3.8, 4) is 0 Å². The van der Waals surface area contributed by atoms with Gasteiger partial charge in [-0.3, -0.25) is 0 Å². The standard InChI is InChI=1S/C25H32N2O2S/c1-25(2,3)15-5-6-17-9-11-18(12-10-17)24-21-8-4-7-20(21)22-16-19(30(26,28)29)13-14-23(22)27-24/h4,7,9-14,16,20-21,24,27H,5-6,8,15H2,1-3H3,(H2,26,28,29)/t20-,21+,24+/m0/s1. The van der Waals surface area contributed by atoms with Gasteiger partial charge in [0.2, 0.25) is 10.0 Å². The summed E-state index contributed by atoms with van der Waals surface area (Å²) in [4.78, 5) is 0.181. The van der Waals surface area contributed by atoms with E-state index in [0.717, 1.165) is 24.1 Å². The van der Waals surface area contributed by atoms with Gasteiger partial charge in [-0.2, -0.15) is 0 Å². The molecule has 0 amide bonds. The van der Waals surface area contributed by atoms with Gasteiger partial charge in [-0.25, -0.2) is 13.6 Å². The fourth-order valence-corrected chi connectivity index (χ4v) is 5.34. The second-order valence-electron chi connectivity index (χ2n) is 9.93. The second-order valence-corrected chi connectivity index (χ2v) is 11.5. The number of hydrogen-bond acceptors (Lipinski definition) is 3. The van der Waals surface area contributed by atoms with E-state index < -0.39 is 10.0 Å². The minimum absolute atomic E-state index is 0.181. The molecule has 0 fully saturated rings. The van der Waals surface area contributed by atoms with Crippen LogP contribution in [0.3, 0.4) is 0 Å². The van der Waals surface area contributed by atoms with Gasteiger partial charge in [0.05, 0.1) is 10.9 Å². The molecule has 2 aliphatic rings. The lowest BCUT2D eigenvalue weighted by Gasteiger charge is -2.37. The van der Waals surface area contributed by atoms with E-state index >= 15 is 0 Å². The third-order valence-corrected chi connectivity index (χ3v) is 7.30. The molecule has 0 saturated carbocycles. The summed E-state index contributed by atoms with van der Waals surface area (Å²) in [6.07, 6.45) is 8.95. The predicted molar refractivity (Wildman–Crippen MR) is 123 cm³/mol. The van der Waals surface area contributed by atoms with E-state index in [-0.39, 0.29) is 16.9 Å². The fraction of sp³-hybridized carbons (Fsp3) is 0.440. The fourth-order valence-electron chi connectivity index (χ4n) is 4.79. The molecule has 1 aliphatic carbocycles. The highest BCUT2D eigenvalue weighted by molar-refractivity contribution is 7.89. The number of fused-ring (bicyclic) bond motifs is 3. The molecule has 0 bridgehead atoms.